The van der Waals surface area contributed by atoms with Crippen molar-refractivity contribution in [1.29, 1.82) is 0 Å². The minimum Gasteiger partial charge on any atom is -0.383 e. The molecule has 0 spiro atoms. The maximum Gasteiger partial charge on any atom is 0.158 e. The minimum absolute atomic E-state index is 0.0291. The second kappa shape index (κ2) is 11.6. The highest BCUT2D eigenvalue weighted by atomic mass is 35.5. The van der Waals surface area contributed by atoms with Crippen molar-refractivity contribution >= 4 is 50.4 Å². The van der Waals surface area contributed by atoms with Gasteiger partial charge >= 0.3 is 0 Å². The SMILES string of the molecule is COCCN(C/C=C/C(=O)C1CCc2c(sc3ncnc(Nc4ccc(F)c(Cl)c4)c23)C1)C(C)C. The summed E-state index contributed by atoms with van der Waals surface area (Å²) in [5.41, 5.74) is 1.85. The molecule has 1 N–H and O–H groups in total. The lowest BCUT2D eigenvalue weighted by Crippen LogP contribution is -2.34. The van der Waals surface area contributed by atoms with Crippen LogP contribution in [0.2, 0.25) is 5.02 Å². The van der Waals surface area contributed by atoms with Gasteiger partial charge in [0.25, 0.3) is 0 Å². The Labute approximate surface area is 214 Å². The lowest BCUT2D eigenvalue weighted by atomic mass is 9.85. The Bertz CT molecular complexity index is 1230. The number of aryl methyl sites for hydroxylation is 1. The highest BCUT2D eigenvalue weighted by Crippen LogP contribution is 2.40. The normalized spacial score (nSPS) is 15.9. The van der Waals surface area contributed by atoms with Gasteiger partial charge in [-0.3, -0.25) is 9.69 Å². The predicted molar refractivity (Wildman–Crippen MR) is 140 cm³/mol. The molecule has 1 aliphatic carbocycles. The second-order valence-corrected chi connectivity index (χ2v) is 10.5. The third-order valence-corrected chi connectivity index (χ3v) is 7.82. The van der Waals surface area contributed by atoms with Crippen LogP contribution >= 0.6 is 22.9 Å². The number of anilines is 2. The van der Waals surface area contributed by atoms with E-state index in [0.717, 1.165) is 36.1 Å². The molecule has 1 aliphatic rings. The fraction of sp³-hybridized carbons (Fsp3) is 0.423. The van der Waals surface area contributed by atoms with Gasteiger partial charge in [0.15, 0.2) is 5.78 Å². The first kappa shape index (κ1) is 25.7. The van der Waals surface area contributed by atoms with E-state index < -0.39 is 5.82 Å². The van der Waals surface area contributed by atoms with Crippen LogP contribution in [-0.4, -0.2) is 53.5 Å². The molecule has 0 aliphatic heterocycles. The number of hydrogen-bond donors (Lipinski definition) is 1. The molecule has 35 heavy (non-hydrogen) atoms. The van der Waals surface area contributed by atoms with Crippen LogP contribution in [0.25, 0.3) is 10.2 Å². The minimum atomic E-state index is -0.463. The van der Waals surface area contributed by atoms with Crippen LogP contribution in [0, 0.1) is 11.7 Å². The number of methoxy groups -OCH3 is 1. The molecule has 186 valence electrons. The summed E-state index contributed by atoms with van der Waals surface area (Å²) in [6, 6.07) is 4.88. The first-order chi connectivity index (χ1) is 16.9. The largest absolute Gasteiger partial charge is 0.383 e. The molecule has 2 aromatic heterocycles. The van der Waals surface area contributed by atoms with Crippen molar-refractivity contribution in [1.82, 2.24) is 14.9 Å². The number of carbonyl (C=O) groups excluding carboxylic acids is 1. The summed E-state index contributed by atoms with van der Waals surface area (Å²) < 4.78 is 18.7. The van der Waals surface area contributed by atoms with Crippen LogP contribution in [0.3, 0.4) is 0 Å². The number of ketones is 1. The Morgan fingerprint density at radius 1 is 1.40 bits per heavy atom. The van der Waals surface area contributed by atoms with Crippen molar-refractivity contribution in [3.63, 3.8) is 0 Å². The number of nitrogens with one attached hydrogen (secondary N) is 1. The third kappa shape index (κ3) is 6.06. The summed E-state index contributed by atoms with van der Waals surface area (Å²) in [6.45, 7) is 6.53. The van der Waals surface area contributed by atoms with E-state index in [1.54, 1.807) is 36.7 Å². The van der Waals surface area contributed by atoms with Crippen molar-refractivity contribution in [3.05, 3.63) is 58.0 Å². The van der Waals surface area contributed by atoms with Gasteiger partial charge in [0.05, 0.1) is 17.0 Å². The lowest BCUT2D eigenvalue weighted by Gasteiger charge is -2.24. The zero-order valence-electron chi connectivity index (χ0n) is 20.2. The molecule has 6 nitrogen and oxygen atoms in total. The van der Waals surface area contributed by atoms with E-state index in [1.165, 1.54) is 22.8 Å². The standard InChI is InChI=1S/C26H30ClFN4O2S/c1-16(2)32(11-12-34-3)10-4-5-22(33)17-6-8-19-23(13-17)35-26-24(19)25(29-15-30-26)31-18-7-9-21(28)20(27)14-18/h4-5,7,9,14-17H,6,8,10-13H2,1-3H3,(H,29,30,31)/b5-4+. The van der Waals surface area contributed by atoms with Crippen LogP contribution in [0.5, 0.6) is 0 Å². The van der Waals surface area contributed by atoms with Crippen LogP contribution in [0.4, 0.5) is 15.9 Å². The van der Waals surface area contributed by atoms with Crippen LogP contribution in [0.1, 0.15) is 30.7 Å². The number of ether oxygens (including phenoxy) is 1. The van der Waals surface area contributed by atoms with Gasteiger partial charge < -0.3 is 10.1 Å². The number of rotatable bonds is 10. The van der Waals surface area contributed by atoms with E-state index in [0.29, 0.717) is 30.6 Å². The molecule has 1 aromatic carbocycles. The van der Waals surface area contributed by atoms with E-state index in [1.807, 2.05) is 6.08 Å². The topological polar surface area (TPSA) is 67.3 Å². The maximum absolute atomic E-state index is 13.5. The van der Waals surface area contributed by atoms with Crippen molar-refractivity contribution in [2.75, 3.05) is 32.1 Å². The number of allylic oxidation sites excluding steroid dienone is 1. The average Bonchev–Trinajstić information content (AvgIpc) is 3.22. The number of aromatic nitrogens is 2. The van der Waals surface area contributed by atoms with Crippen LogP contribution < -0.4 is 5.32 Å². The van der Waals surface area contributed by atoms with Gasteiger partial charge in [-0.2, -0.15) is 0 Å². The second-order valence-electron chi connectivity index (χ2n) is 8.99. The molecule has 4 rings (SSSR count). The van der Waals surface area contributed by atoms with Gasteiger partial charge in [-0.25, -0.2) is 14.4 Å². The number of fused-ring (bicyclic) bond motifs is 3. The van der Waals surface area contributed by atoms with Gasteiger partial charge in [0, 0.05) is 42.7 Å². The van der Waals surface area contributed by atoms with Gasteiger partial charge in [-0.05, 0) is 62.9 Å². The summed E-state index contributed by atoms with van der Waals surface area (Å²) in [4.78, 5) is 26.2. The van der Waals surface area contributed by atoms with Gasteiger partial charge in [0.2, 0.25) is 0 Å². The molecule has 0 bridgehead atoms. The van der Waals surface area contributed by atoms with Crippen LogP contribution in [0.15, 0.2) is 36.7 Å². The smallest absolute Gasteiger partial charge is 0.158 e. The number of halogens is 2. The molecule has 3 aromatic rings. The zero-order valence-corrected chi connectivity index (χ0v) is 21.8. The number of benzene rings is 1. The number of thiophene rings is 1. The first-order valence-electron chi connectivity index (χ1n) is 11.8. The highest BCUT2D eigenvalue weighted by Gasteiger charge is 2.28. The van der Waals surface area contributed by atoms with Crippen molar-refractivity contribution < 1.29 is 13.9 Å². The van der Waals surface area contributed by atoms with Crippen molar-refractivity contribution in [2.45, 2.75) is 39.2 Å². The summed E-state index contributed by atoms with van der Waals surface area (Å²) in [5, 5.41) is 4.29. The molecule has 0 radical (unpaired) electrons. The Morgan fingerprint density at radius 2 is 2.23 bits per heavy atom. The van der Waals surface area contributed by atoms with Crippen LogP contribution in [-0.2, 0) is 22.4 Å². The van der Waals surface area contributed by atoms with Crippen molar-refractivity contribution in [3.8, 4) is 0 Å². The number of nitrogens with zero attached hydrogens (tertiary/aromatic N) is 3. The Balaban J connectivity index is 1.47. The highest BCUT2D eigenvalue weighted by molar-refractivity contribution is 7.19. The maximum atomic E-state index is 13.5. The number of carbonyl (C=O) groups is 1. The summed E-state index contributed by atoms with van der Waals surface area (Å²) in [6.07, 6.45) is 7.52. The van der Waals surface area contributed by atoms with E-state index in [-0.39, 0.29) is 16.7 Å². The third-order valence-electron chi connectivity index (χ3n) is 6.36. The van der Waals surface area contributed by atoms with E-state index >= 15 is 0 Å². The monoisotopic (exact) mass is 516 g/mol. The molecule has 9 heteroatoms. The predicted octanol–water partition coefficient (Wildman–Crippen LogP) is 5.81. The Hall–Kier alpha value is -2.39. The van der Waals surface area contributed by atoms with Gasteiger partial charge in [-0.1, -0.05) is 17.7 Å². The molecular formula is C26H30ClFN4O2S. The van der Waals surface area contributed by atoms with E-state index in [2.05, 4.69) is 34.0 Å². The molecule has 0 saturated carbocycles. The van der Waals surface area contributed by atoms with E-state index in [4.69, 9.17) is 16.3 Å². The number of hydrogen-bond acceptors (Lipinski definition) is 7. The molecule has 0 saturated heterocycles. The van der Waals surface area contributed by atoms with Crippen molar-refractivity contribution in [2.24, 2.45) is 5.92 Å². The average molecular weight is 517 g/mol. The van der Waals surface area contributed by atoms with Gasteiger partial charge in [0.1, 0.15) is 22.8 Å². The molecule has 1 unspecified atom stereocenters. The quantitative estimate of drug-likeness (QED) is 0.343. The first-order valence-corrected chi connectivity index (χ1v) is 13.0. The lowest BCUT2D eigenvalue weighted by molar-refractivity contribution is -0.118. The van der Waals surface area contributed by atoms with Gasteiger partial charge in [-0.15, -0.1) is 11.3 Å². The summed E-state index contributed by atoms with van der Waals surface area (Å²) in [5.74, 6) is 0.354. The molecule has 2 heterocycles. The zero-order chi connectivity index (χ0) is 24.9. The fourth-order valence-electron chi connectivity index (χ4n) is 4.37. The molecule has 0 amide bonds. The summed E-state index contributed by atoms with van der Waals surface area (Å²) >= 11 is 7.56. The Kier molecular flexibility index (Phi) is 8.49. The molecule has 1 atom stereocenters. The molecule has 0 fully saturated rings. The molecular weight excluding hydrogens is 487 g/mol. The fourth-order valence-corrected chi connectivity index (χ4v) is 5.82. The summed E-state index contributed by atoms with van der Waals surface area (Å²) in [7, 11) is 1.70. The van der Waals surface area contributed by atoms with E-state index in [9.17, 15) is 9.18 Å². The Morgan fingerprint density at radius 3 is 2.97 bits per heavy atom.